The fourth-order valence-electron chi connectivity index (χ4n) is 2.72. The second kappa shape index (κ2) is 8.04. The molecule has 1 aliphatic rings. The lowest BCUT2D eigenvalue weighted by atomic mass is 10.2. The summed E-state index contributed by atoms with van der Waals surface area (Å²) in [6, 6.07) is 15.0. The van der Waals surface area contributed by atoms with Crippen LogP contribution in [0.1, 0.15) is 10.4 Å². The molecule has 0 aromatic heterocycles. The Bertz CT molecular complexity index is 777. The van der Waals surface area contributed by atoms with E-state index < -0.39 is 0 Å². The van der Waals surface area contributed by atoms with Gasteiger partial charge in [0, 0.05) is 36.9 Å². The molecule has 0 unspecified atom stereocenters. The van der Waals surface area contributed by atoms with Crippen LogP contribution in [-0.2, 0) is 0 Å². The van der Waals surface area contributed by atoms with Gasteiger partial charge in [0.05, 0.1) is 10.6 Å². The van der Waals surface area contributed by atoms with Crippen LogP contribution in [0.5, 0.6) is 0 Å². The number of nitrogens with one attached hydrogen (secondary N) is 1. The zero-order chi connectivity index (χ0) is 17.8. The molecule has 1 fully saturated rings. The van der Waals surface area contributed by atoms with Gasteiger partial charge in [0.15, 0.2) is 5.11 Å². The predicted molar refractivity (Wildman–Crippen MR) is 107 cm³/mol. The molecule has 3 rings (SSSR count). The van der Waals surface area contributed by atoms with Crippen molar-refractivity contribution in [1.82, 2.24) is 10.2 Å². The highest BCUT2D eigenvalue weighted by molar-refractivity contribution is 7.80. The SMILES string of the molecule is O=C(NC(=S)N1CCN(c2ccccc2)CC1)c1ccc(Cl)cc1Cl. The van der Waals surface area contributed by atoms with E-state index in [1.807, 2.05) is 23.1 Å². The first-order valence-corrected chi connectivity index (χ1v) is 9.06. The normalized spacial score (nSPS) is 14.3. The van der Waals surface area contributed by atoms with Crippen LogP contribution in [0, 0.1) is 0 Å². The predicted octanol–water partition coefficient (Wildman–Crippen LogP) is 3.83. The Balaban J connectivity index is 1.57. The molecule has 130 valence electrons. The third-order valence-electron chi connectivity index (χ3n) is 4.08. The quantitative estimate of drug-likeness (QED) is 0.786. The summed E-state index contributed by atoms with van der Waals surface area (Å²) < 4.78 is 0. The van der Waals surface area contributed by atoms with Gasteiger partial charge in [0.2, 0.25) is 0 Å². The summed E-state index contributed by atoms with van der Waals surface area (Å²) in [6.07, 6.45) is 0. The van der Waals surface area contributed by atoms with Crippen LogP contribution in [0.25, 0.3) is 0 Å². The van der Waals surface area contributed by atoms with Gasteiger partial charge in [-0.3, -0.25) is 10.1 Å². The molecule has 25 heavy (non-hydrogen) atoms. The molecule has 1 amide bonds. The minimum absolute atomic E-state index is 0.307. The van der Waals surface area contributed by atoms with E-state index in [1.54, 1.807) is 18.2 Å². The maximum Gasteiger partial charge on any atom is 0.258 e. The molecule has 2 aromatic rings. The fourth-order valence-corrected chi connectivity index (χ4v) is 3.49. The second-order valence-electron chi connectivity index (χ2n) is 5.69. The van der Waals surface area contributed by atoms with E-state index in [1.165, 1.54) is 5.69 Å². The van der Waals surface area contributed by atoms with Gasteiger partial charge in [-0.05, 0) is 42.5 Å². The third-order valence-corrected chi connectivity index (χ3v) is 4.99. The van der Waals surface area contributed by atoms with Crippen molar-refractivity contribution >= 4 is 52.1 Å². The van der Waals surface area contributed by atoms with E-state index in [4.69, 9.17) is 35.4 Å². The summed E-state index contributed by atoms with van der Waals surface area (Å²) >= 11 is 17.3. The number of hydrogen-bond acceptors (Lipinski definition) is 3. The number of carbonyl (C=O) groups is 1. The Morgan fingerprint density at radius 2 is 1.68 bits per heavy atom. The molecule has 0 atom stereocenters. The summed E-state index contributed by atoms with van der Waals surface area (Å²) in [7, 11) is 0. The van der Waals surface area contributed by atoms with Gasteiger partial charge < -0.3 is 9.80 Å². The minimum atomic E-state index is -0.322. The van der Waals surface area contributed by atoms with Crippen molar-refractivity contribution in [3.63, 3.8) is 0 Å². The van der Waals surface area contributed by atoms with Gasteiger partial charge in [0.25, 0.3) is 5.91 Å². The monoisotopic (exact) mass is 393 g/mol. The number of nitrogens with zero attached hydrogens (tertiary/aromatic N) is 2. The van der Waals surface area contributed by atoms with Crippen LogP contribution >= 0.6 is 35.4 Å². The lowest BCUT2D eigenvalue weighted by molar-refractivity contribution is 0.0973. The Morgan fingerprint density at radius 1 is 1.00 bits per heavy atom. The van der Waals surface area contributed by atoms with Crippen molar-refractivity contribution in [2.24, 2.45) is 0 Å². The number of benzene rings is 2. The number of carbonyl (C=O) groups excluding carboxylic acids is 1. The third kappa shape index (κ3) is 4.42. The molecule has 1 heterocycles. The molecular formula is C18H17Cl2N3OS. The van der Waals surface area contributed by atoms with Crippen molar-refractivity contribution in [2.75, 3.05) is 31.1 Å². The van der Waals surface area contributed by atoms with Crippen LogP contribution in [0.15, 0.2) is 48.5 Å². The second-order valence-corrected chi connectivity index (χ2v) is 6.92. The molecule has 2 aromatic carbocycles. The lowest BCUT2D eigenvalue weighted by Crippen LogP contribution is -2.52. The highest BCUT2D eigenvalue weighted by Crippen LogP contribution is 2.21. The summed E-state index contributed by atoms with van der Waals surface area (Å²) in [5, 5.41) is 3.97. The summed E-state index contributed by atoms with van der Waals surface area (Å²) in [4.78, 5) is 16.7. The number of halogens is 2. The molecule has 1 N–H and O–H groups in total. The smallest absolute Gasteiger partial charge is 0.258 e. The van der Waals surface area contributed by atoms with Gasteiger partial charge in [-0.15, -0.1) is 0 Å². The maximum atomic E-state index is 12.4. The summed E-state index contributed by atoms with van der Waals surface area (Å²) in [5.41, 5.74) is 1.56. The van der Waals surface area contributed by atoms with Crippen molar-refractivity contribution in [3.05, 3.63) is 64.1 Å². The van der Waals surface area contributed by atoms with E-state index in [9.17, 15) is 4.79 Å². The van der Waals surface area contributed by atoms with Crippen LogP contribution in [-0.4, -0.2) is 42.1 Å². The zero-order valence-electron chi connectivity index (χ0n) is 13.4. The number of hydrogen-bond donors (Lipinski definition) is 1. The lowest BCUT2D eigenvalue weighted by Gasteiger charge is -2.37. The van der Waals surface area contributed by atoms with Crippen molar-refractivity contribution in [1.29, 1.82) is 0 Å². The number of anilines is 1. The number of amides is 1. The van der Waals surface area contributed by atoms with Crippen LogP contribution < -0.4 is 10.2 Å². The molecule has 0 spiro atoms. The van der Waals surface area contributed by atoms with Crippen molar-refractivity contribution in [2.45, 2.75) is 0 Å². The molecule has 0 radical (unpaired) electrons. The largest absolute Gasteiger partial charge is 0.368 e. The van der Waals surface area contributed by atoms with Crippen molar-refractivity contribution in [3.8, 4) is 0 Å². The van der Waals surface area contributed by atoms with E-state index in [0.717, 1.165) is 26.2 Å². The number of thiocarbonyl (C=S) groups is 1. The first kappa shape index (κ1) is 18.0. The Labute approximate surface area is 162 Å². The number of para-hydroxylation sites is 1. The Morgan fingerprint density at radius 3 is 2.32 bits per heavy atom. The van der Waals surface area contributed by atoms with Crippen LogP contribution in [0.4, 0.5) is 5.69 Å². The Hall–Kier alpha value is -1.82. The molecule has 1 aliphatic heterocycles. The molecular weight excluding hydrogens is 377 g/mol. The molecule has 4 nitrogen and oxygen atoms in total. The van der Waals surface area contributed by atoms with Gasteiger partial charge in [-0.2, -0.15) is 0 Å². The molecule has 7 heteroatoms. The number of piperazine rings is 1. The van der Waals surface area contributed by atoms with Crippen LogP contribution in [0.2, 0.25) is 10.0 Å². The number of rotatable bonds is 2. The first-order chi connectivity index (χ1) is 12.0. The van der Waals surface area contributed by atoms with Gasteiger partial charge in [-0.25, -0.2) is 0 Å². The van der Waals surface area contributed by atoms with Crippen molar-refractivity contribution < 1.29 is 4.79 Å². The van der Waals surface area contributed by atoms with Gasteiger partial charge in [-0.1, -0.05) is 41.4 Å². The molecule has 1 saturated heterocycles. The highest BCUT2D eigenvalue weighted by Gasteiger charge is 2.21. The van der Waals surface area contributed by atoms with E-state index in [0.29, 0.717) is 20.7 Å². The minimum Gasteiger partial charge on any atom is -0.368 e. The van der Waals surface area contributed by atoms with E-state index >= 15 is 0 Å². The van der Waals surface area contributed by atoms with E-state index in [2.05, 4.69) is 22.3 Å². The molecule has 0 bridgehead atoms. The maximum absolute atomic E-state index is 12.4. The average Bonchev–Trinajstić information content (AvgIpc) is 2.62. The molecule has 0 saturated carbocycles. The zero-order valence-corrected chi connectivity index (χ0v) is 15.7. The fraction of sp³-hybridized carbons (Fsp3) is 0.222. The average molecular weight is 394 g/mol. The highest BCUT2D eigenvalue weighted by atomic mass is 35.5. The Kier molecular flexibility index (Phi) is 5.78. The summed E-state index contributed by atoms with van der Waals surface area (Å²) in [5.74, 6) is -0.322. The summed E-state index contributed by atoms with van der Waals surface area (Å²) in [6.45, 7) is 3.20. The van der Waals surface area contributed by atoms with E-state index in [-0.39, 0.29) is 5.91 Å². The van der Waals surface area contributed by atoms with Crippen LogP contribution in [0.3, 0.4) is 0 Å². The first-order valence-electron chi connectivity index (χ1n) is 7.90. The topological polar surface area (TPSA) is 35.6 Å². The standard InChI is InChI=1S/C18H17Cl2N3OS/c19-13-6-7-15(16(20)12-13)17(24)21-18(25)23-10-8-22(9-11-23)14-4-2-1-3-5-14/h1-7,12H,8-11H2,(H,21,24,25). The van der Waals surface area contributed by atoms with Gasteiger partial charge >= 0.3 is 0 Å². The molecule has 0 aliphatic carbocycles. The van der Waals surface area contributed by atoms with Gasteiger partial charge in [0.1, 0.15) is 0 Å².